The first-order chi connectivity index (χ1) is 12.6. The van der Waals surface area contributed by atoms with Crippen LogP contribution in [0.4, 0.5) is 0 Å². The van der Waals surface area contributed by atoms with Crippen LogP contribution in [0.15, 0.2) is 54.6 Å². The Labute approximate surface area is 165 Å². The van der Waals surface area contributed by atoms with Crippen molar-refractivity contribution in [2.45, 2.75) is 19.4 Å². The summed E-state index contributed by atoms with van der Waals surface area (Å²) in [4.78, 5) is 24.4. The fourth-order valence-electron chi connectivity index (χ4n) is 3.08. The van der Waals surface area contributed by atoms with Crippen molar-refractivity contribution in [3.8, 4) is 5.75 Å². The van der Waals surface area contributed by atoms with Gasteiger partial charge in [-0.2, -0.15) is 0 Å². The number of carbonyl (C=O) groups excluding carboxylic acids is 2. The lowest BCUT2D eigenvalue weighted by atomic mass is 9.95. The molecule has 2 aromatic carbocycles. The summed E-state index contributed by atoms with van der Waals surface area (Å²) < 4.78 is 5.55. The fraction of sp³-hybridized carbons (Fsp3) is 0.333. The van der Waals surface area contributed by atoms with Crippen LogP contribution in [0.5, 0.6) is 5.75 Å². The normalized spacial score (nSPS) is 18.9. The van der Waals surface area contributed by atoms with Crippen molar-refractivity contribution in [1.82, 2.24) is 10.6 Å². The molecule has 0 bridgehead atoms. The van der Waals surface area contributed by atoms with E-state index >= 15 is 0 Å². The van der Waals surface area contributed by atoms with E-state index in [4.69, 9.17) is 4.74 Å². The van der Waals surface area contributed by atoms with Gasteiger partial charge in [0.15, 0.2) is 12.4 Å². The number of carbonyl (C=O) groups is 2. The van der Waals surface area contributed by atoms with Gasteiger partial charge in [0.2, 0.25) is 0 Å². The van der Waals surface area contributed by atoms with Crippen molar-refractivity contribution in [2.75, 3.05) is 19.7 Å². The third kappa shape index (κ3) is 5.81. The zero-order chi connectivity index (χ0) is 18.4. The second-order valence-corrected chi connectivity index (χ2v) is 6.65. The Bertz CT molecular complexity index is 750. The molecule has 0 aliphatic carbocycles. The first-order valence-electron chi connectivity index (χ1n) is 8.96. The van der Waals surface area contributed by atoms with E-state index in [9.17, 15) is 9.59 Å². The van der Waals surface area contributed by atoms with Gasteiger partial charge in [-0.3, -0.25) is 9.59 Å². The van der Waals surface area contributed by atoms with E-state index in [1.54, 1.807) is 36.4 Å². The van der Waals surface area contributed by atoms with E-state index in [0.29, 0.717) is 22.8 Å². The Kier molecular flexibility index (Phi) is 7.82. The largest absolute Gasteiger partial charge is 0.484 e. The number of hydrogen-bond acceptors (Lipinski definition) is 4. The Hall–Kier alpha value is -2.37. The molecule has 1 amide bonds. The summed E-state index contributed by atoms with van der Waals surface area (Å²) in [5.74, 6) is 0.835. The monoisotopic (exact) mass is 388 g/mol. The summed E-state index contributed by atoms with van der Waals surface area (Å²) in [6.45, 7) is 3.94. The first kappa shape index (κ1) is 20.9. The quantitative estimate of drug-likeness (QED) is 0.747. The lowest BCUT2D eigenvalue weighted by Gasteiger charge is -2.30. The van der Waals surface area contributed by atoms with Crippen molar-refractivity contribution in [2.24, 2.45) is 5.92 Å². The van der Waals surface area contributed by atoms with Crippen LogP contribution in [-0.2, 0) is 4.79 Å². The number of hydrogen-bond donors (Lipinski definition) is 2. The maximum atomic E-state index is 12.4. The van der Waals surface area contributed by atoms with Gasteiger partial charge in [0.1, 0.15) is 5.75 Å². The third-order valence-corrected chi connectivity index (χ3v) is 4.65. The second-order valence-electron chi connectivity index (χ2n) is 6.65. The highest BCUT2D eigenvalue weighted by Crippen LogP contribution is 2.16. The summed E-state index contributed by atoms with van der Waals surface area (Å²) >= 11 is 0. The lowest BCUT2D eigenvalue weighted by molar-refractivity contribution is -0.124. The standard InChI is InChI=1S/C21H24N2O3.ClH/c1-15-13-22-12-11-19(15)23-20(24)14-26-18-9-7-17(8-10-18)21(25)16-5-3-2-4-6-16;/h2-10,15,19,22H,11-14H2,1H3,(H,23,24);1H. The van der Waals surface area contributed by atoms with Gasteiger partial charge in [0, 0.05) is 17.2 Å². The number of piperidine rings is 1. The van der Waals surface area contributed by atoms with Crippen molar-refractivity contribution in [1.29, 1.82) is 0 Å². The number of rotatable bonds is 6. The van der Waals surface area contributed by atoms with E-state index in [1.165, 1.54) is 0 Å². The summed E-state index contributed by atoms with van der Waals surface area (Å²) in [7, 11) is 0. The average Bonchev–Trinajstić information content (AvgIpc) is 2.69. The first-order valence-corrected chi connectivity index (χ1v) is 8.96. The number of nitrogens with one attached hydrogen (secondary N) is 2. The molecule has 6 heteroatoms. The van der Waals surface area contributed by atoms with Crippen LogP contribution in [0.25, 0.3) is 0 Å². The number of amides is 1. The van der Waals surface area contributed by atoms with E-state index in [0.717, 1.165) is 19.5 Å². The molecule has 1 heterocycles. The smallest absolute Gasteiger partial charge is 0.258 e. The zero-order valence-electron chi connectivity index (χ0n) is 15.3. The molecule has 2 unspecified atom stereocenters. The van der Waals surface area contributed by atoms with E-state index in [2.05, 4.69) is 17.6 Å². The van der Waals surface area contributed by atoms with Gasteiger partial charge in [0.25, 0.3) is 5.91 Å². The Morgan fingerprint density at radius 1 is 1.07 bits per heavy atom. The Morgan fingerprint density at radius 3 is 2.41 bits per heavy atom. The number of ether oxygens (including phenoxy) is 1. The van der Waals surface area contributed by atoms with Crippen LogP contribution in [0.3, 0.4) is 0 Å². The van der Waals surface area contributed by atoms with E-state index in [-0.39, 0.29) is 36.7 Å². The predicted octanol–water partition coefficient (Wildman–Crippen LogP) is 2.83. The topological polar surface area (TPSA) is 67.4 Å². The van der Waals surface area contributed by atoms with Crippen LogP contribution in [0.2, 0.25) is 0 Å². The second kappa shape index (κ2) is 10.1. The molecular formula is C21H25ClN2O3. The Morgan fingerprint density at radius 2 is 1.74 bits per heavy atom. The SMILES string of the molecule is CC1CNCCC1NC(=O)COc1ccc(C(=O)c2ccccc2)cc1.Cl. The molecule has 1 saturated heterocycles. The number of halogens is 1. The van der Waals surface area contributed by atoms with Crippen molar-refractivity contribution in [3.63, 3.8) is 0 Å². The minimum Gasteiger partial charge on any atom is -0.484 e. The number of ketones is 1. The third-order valence-electron chi connectivity index (χ3n) is 4.65. The molecule has 0 spiro atoms. The average molecular weight is 389 g/mol. The van der Waals surface area contributed by atoms with Gasteiger partial charge in [-0.15, -0.1) is 12.4 Å². The predicted molar refractivity (Wildman–Crippen MR) is 108 cm³/mol. The van der Waals surface area contributed by atoms with Crippen molar-refractivity contribution in [3.05, 3.63) is 65.7 Å². The fourth-order valence-corrected chi connectivity index (χ4v) is 3.08. The van der Waals surface area contributed by atoms with Gasteiger partial charge < -0.3 is 15.4 Å². The minimum atomic E-state index is -0.117. The van der Waals surface area contributed by atoms with Crippen LogP contribution < -0.4 is 15.4 Å². The van der Waals surface area contributed by atoms with E-state index in [1.807, 2.05) is 18.2 Å². The highest BCUT2D eigenvalue weighted by atomic mass is 35.5. The molecule has 27 heavy (non-hydrogen) atoms. The maximum absolute atomic E-state index is 12.4. The highest BCUT2D eigenvalue weighted by molar-refractivity contribution is 6.08. The van der Waals surface area contributed by atoms with Gasteiger partial charge in [-0.1, -0.05) is 37.3 Å². The molecule has 0 aromatic heterocycles. The van der Waals surface area contributed by atoms with Crippen LogP contribution in [0, 0.1) is 5.92 Å². The molecule has 1 aliphatic rings. The summed E-state index contributed by atoms with van der Waals surface area (Å²) in [6, 6.07) is 16.2. The van der Waals surface area contributed by atoms with E-state index < -0.39 is 0 Å². The highest BCUT2D eigenvalue weighted by Gasteiger charge is 2.22. The van der Waals surface area contributed by atoms with Crippen molar-refractivity contribution >= 4 is 24.1 Å². The maximum Gasteiger partial charge on any atom is 0.258 e. The van der Waals surface area contributed by atoms with Crippen LogP contribution in [-0.4, -0.2) is 37.4 Å². The van der Waals surface area contributed by atoms with Crippen molar-refractivity contribution < 1.29 is 14.3 Å². The molecule has 1 fully saturated rings. The zero-order valence-corrected chi connectivity index (χ0v) is 16.1. The lowest BCUT2D eigenvalue weighted by Crippen LogP contribution is -2.49. The minimum absolute atomic E-state index is 0. The Balaban J connectivity index is 0.00000261. The molecule has 144 valence electrons. The number of benzene rings is 2. The molecular weight excluding hydrogens is 364 g/mol. The summed E-state index contributed by atoms with van der Waals surface area (Å²) in [5, 5.41) is 6.34. The molecule has 5 nitrogen and oxygen atoms in total. The summed E-state index contributed by atoms with van der Waals surface area (Å²) in [6.07, 6.45) is 0.934. The molecule has 2 atom stereocenters. The molecule has 0 saturated carbocycles. The van der Waals surface area contributed by atoms with Gasteiger partial charge >= 0.3 is 0 Å². The molecule has 1 aliphatic heterocycles. The van der Waals surface area contributed by atoms with Crippen LogP contribution in [0.1, 0.15) is 29.3 Å². The molecule has 3 rings (SSSR count). The van der Waals surface area contributed by atoms with Gasteiger partial charge in [-0.25, -0.2) is 0 Å². The molecule has 2 aromatic rings. The van der Waals surface area contributed by atoms with Gasteiger partial charge in [0.05, 0.1) is 0 Å². The van der Waals surface area contributed by atoms with Gasteiger partial charge in [-0.05, 0) is 49.7 Å². The van der Waals surface area contributed by atoms with Crippen LogP contribution >= 0.6 is 12.4 Å². The molecule has 2 N–H and O–H groups in total. The molecule has 0 radical (unpaired) electrons. The summed E-state index contributed by atoms with van der Waals surface area (Å²) in [5.41, 5.74) is 1.24.